The molecule has 0 atom stereocenters. The van der Waals surface area contributed by atoms with Crippen LogP contribution < -0.4 is 11.2 Å². The van der Waals surface area contributed by atoms with E-state index in [1.165, 1.54) is 12.5 Å². The van der Waals surface area contributed by atoms with Gasteiger partial charge in [-0.15, -0.1) is 0 Å². The Bertz CT molecular complexity index is 229. The molecule has 0 aliphatic heterocycles. The first-order chi connectivity index (χ1) is 4.72. The number of nitrogens with two attached hydrogens (primary N) is 1. The Morgan fingerprint density at radius 1 is 1.50 bits per heavy atom. The molecule has 0 aliphatic rings. The summed E-state index contributed by atoms with van der Waals surface area (Å²) in [5, 5.41) is 17.2. The van der Waals surface area contributed by atoms with Crippen LogP contribution in [0.15, 0.2) is 12.5 Å². The maximum absolute atomic E-state index is 8.60. The summed E-state index contributed by atoms with van der Waals surface area (Å²) in [6.07, 6.45) is 2.49. The lowest BCUT2D eigenvalue weighted by molar-refractivity contribution is 0.425. The molecule has 0 saturated carbocycles. The normalized spacial score (nSPS) is 9.40. The summed E-state index contributed by atoms with van der Waals surface area (Å²) in [5.41, 5.74) is 5.38. The van der Waals surface area contributed by atoms with E-state index in [1.54, 1.807) is 0 Å². The van der Waals surface area contributed by atoms with Gasteiger partial charge in [0.05, 0.1) is 0 Å². The second-order valence-electron chi connectivity index (χ2n) is 1.74. The SMILES string of the molecule is Nc1ncncc1B(O)O. The van der Waals surface area contributed by atoms with E-state index in [1.807, 2.05) is 0 Å². The van der Waals surface area contributed by atoms with E-state index < -0.39 is 7.12 Å². The van der Waals surface area contributed by atoms with Gasteiger partial charge in [0.1, 0.15) is 12.1 Å². The molecule has 0 saturated heterocycles. The van der Waals surface area contributed by atoms with Crippen molar-refractivity contribution in [2.45, 2.75) is 0 Å². The van der Waals surface area contributed by atoms with Crippen molar-refractivity contribution in [2.75, 3.05) is 5.73 Å². The molecule has 0 radical (unpaired) electrons. The molecular formula is C4H6BN3O2. The van der Waals surface area contributed by atoms with Crippen molar-refractivity contribution in [2.24, 2.45) is 0 Å². The lowest BCUT2D eigenvalue weighted by Gasteiger charge is -1.99. The fourth-order valence-corrected chi connectivity index (χ4v) is 0.549. The number of nitrogens with zero attached hydrogens (tertiary/aromatic N) is 2. The van der Waals surface area contributed by atoms with Crippen molar-refractivity contribution < 1.29 is 10.0 Å². The number of hydrogen-bond acceptors (Lipinski definition) is 5. The molecule has 4 N–H and O–H groups in total. The maximum Gasteiger partial charge on any atom is 0.493 e. The van der Waals surface area contributed by atoms with Crippen LogP contribution in [0, 0.1) is 0 Å². The summed E-state index contributed by atoms with van der Waals surface area (Å²) < 4.78 is 0. The number of nitrogen functional groups attached to an aromatic ring is 1. The van der Waals surface area contributed by atoms with Crippen LogP contribution in [0.4, 0.5) is 5.82 Å². The van der Waals surface area contributed by atoms with Gasteiger partial charge in [-0.2, -0.15) is 0 Å². The standard InChI is InChI=1S/C4H6BN3O2/c6-4-3(5(9)10)1-7-2-8-4/h1-2,9-10H,(H2,6,7,8). The van der Waals surface area contributed by atoms with Gasteiger partial charge >= 0.3 is 7.12 Å². The Balaban J connectivity index is 3.03. The molecule has 1 rings (SSSR count). The lowest BCUT2D eigenvalue weighted by atomic mass is 9.82. The van der Waals surface area contributed by atoms with Gasteiger partial charge in [0.2, 0.25) is 0 Å². The third-order valence-electron chi connectivity index (χ3n) is 1.05. The van der Waals surface area contributed by atoms with Gasteiger partial charge in [0.15, 0.2) is 0 Å². The highest BCUT2D eigenvalue weighted by Gasteiger charge is 2.14. The predicted molar refractivity (Wildman–Crippen MR) is 36.3 cm³/mol. The average Bonchev–Trinajstić information content (AvgIpc) is 1.88. The van der Waals surface area contributed by atoms with Crippen molar-refractivity contribution in [1.29, 1.82) is 0 Å². The first-order valence-corrected chi connectivity index (χ1v) is 2.63. The molecular weight excluding hydrogens is 133 g/mol. The average molecular weight is 139 g/mol. The molecule has 0 aromatic carbocycles. The first-order valence-electron chi connectivity index (χ1n) is 2.63. The molecule has 0 bridgehead atoms. The smallest absolute Gasteiger partial charge is 0.423 e. The molecule has 6 heteroatoms. The molecule has 0 unspecified atom stereocenters. The molecule has 1 aromatic rings. The number of rotatable bonds is 1. The summed E-state index contributed by atoms with van der Waals surface area (Å²) in [6, 6.07) is 0. The fraction of sp³-hybridized carbons (Fsp3) is 0. The highest BCUT2D eigenvalue weighted by molar-refractivity contribution is 6.60. The zero-order valence-corrected chi connectivity index (χ0v) is 5.10. The minimum absolute atomic E-state index is 0.0880. The Morgan fingerprint density at radius 3 is 2.60 bits per heavy atom. The van der Waals surface area contributed by atoms with Crippen LogP contribution in [0.1, 0.15) is 0 Å². The third kappa shape index (κ3) is 1.23. The second kappa shape index (κ2) is 2.63. The lowest BCUT2D eigenvalue weighted by Crippen LogP contribution is -2.33. The van der Waals surface area contributed by atoms with Crippen LogP contribution in [-0.2, 0) is 0 Å². The Labute approximate surface area is 57.7 Å². The topological polar surface area (TPSA) is 92.3 Å². The van der Waals surface area contributed by atoms with Crippen molar-refractivity contribution in [3.63, 3.8) is 0 Å². The van der Waals surface area contributed by atoms with Crippen molar-refractivity contribution >= 4 is 18.4 Å². The van der Waals surface area contributed by atoms with Gasteiger partial charge in [-0.1, -0.05) is 0 Å². The summed E-state index contributed by atoms with van der Waals surface area (Å²) >= 11 is 0. The predicted octanol–water partition coefficient (Wildman–Crippen LogP) is -2.26. The Hall–Kier alpha value is -1.14. The van der Waals surface area contributed by atoms with Gasteiger partial charge in [-0.3, -0.25) is 0 Å². The molecule has 1 aromatic heterocycles. The van der Waals surface area contributed by atoms with Crippen molar-refractivity contribution in [1.82, 2.24) is 9.97 Å². The highest BCUT2D eigenvalue weighted by atomic mass is 16.4. The molecule has 52 valence electrons. The molecule has 0 spiro atoms. The number of anilines is 1. The van der Waals surface area contributed by atoms with E-state index in [0.29, 0.717) is 0 Å². The number of hydrogen-bond donors (Lipinski definition) is 3. The van der Waals surface area contributed by atoms with Crippen molar-refractivity contribution in [3.05, 3.63) is 12.5 Å². The van der Waals surface area contributed by atoms with Crippen molar-refractivity contribution in [3.8, 4) is 0 Å². The Kier molecular flexibility index (Phi) is 1.84. The largest absolute Gasteiger partial charge is 0.493 e. The minimum atomic E-state index is -1.60. The van der Waals surface area contributed by atoms with Crippen LogP contribution >= 0.6 is 0 Å². The fourth-order valence-electron chi connectivity index (χ4n) is 0.549. The van der Waals surface area contributed by atoms with E-state index in [4.69, 9.17) is 15.8 Å². The second-order valence-corrected chi connectivity index (χ2v) is 1.74. The number of aromatic nitrogens is 2. The van der Waals surface area contributed by atoms with Crippen LogP contribution in [0.5, 0.6) is 0 Å². The molecule has 0 amide bonds. The molecule has 0 aliphatic carbocycles. The van der Waals surface area contributed by atoms with Gasteiger partial charge in [-0.25, -0.2) is 9.97 Å². The summed E-state index contributed by atoms with van der Waals surface area (Å²) in [4.78, 5) is 7.10. The third-order valence-corrected chi connectivity index (χ3v) is 1.05. The van der Waals surface area contributed by atoms with Gasteiger partial charge in [0, 0.05) is 11.7 Å². The summed E-state index contributed by atoms with van der Waals surface area (Å²) in [7, 11) is -1.60. The monoisotopic (exact) mass is 139 g/mol. The quantitative estimate of drug-likeness (QED) is 0.382. The minimum Gasteiger partial charge on any atom is -0.423 e. The van der Waals surface area contributed by atoms with Crippen LogP contribution in [0.2, 0.25) is 0 Å². The van der Waals surface area contributed by atoms with Crippen LogP contribution in [-0.4, -0.2) is 27.1 Å². The molecule has 5 nitrogen and oxygen atoms in total. The molecule has 0 fully saturated rings. The van der Waals surface area contributed by atoms with Crippen LogP contribution in [0.3, 0.4) is 0 Å². The molecule has 10 heavy (non-hydrogen) atoms. The zero-order chi connectivity index (χ0) is 7.56. The highest BCUT2D eigenvalue weighted by Crippen LogP contribution is 1.87. The van der Waals surface area contributed by atoms with Gasteiger partial charge in [-0.05, 0) is 0 Å². The first kappa shape index (κ1) is 6.98. The van der Waals surface area contributed by atoms with E-state index >= 15 is 0 Å². The van der Waals surface area contributed by atoms with Gasteiger partial charge < -0.3 is 15.8 Å². The van der Waals surface area contributed by atoms with Crippen LogP contribution in [0.25, 0.3) is 0 Å². The Morgan fingerprint density at radius 2 is 2.20 bits per heavy atom. The van der Waals surface area contributed by atoms with E-state index in [9.17, 15) is 0 Å². The zero-order valence-electron chi connectivity index (χ0n) is 5.10. The molecule has 1 heterocycles. The maximum atomic E-state index is 8.60. The van der Waals surface area contributed by atoms with E-state index in [2.05, 4.69) is 9.97 Å². The van der Waals surface area contributed by atoms with E-state index in [-0.39, 0.29) is 11.3 Å². The van der Waals surface area contributed by atoms with E-state index in [0.717, 1.165) is 0 Å². The van der Waals surface area contributed by atoms with Gasteiger partial charge in [0.25, 0.3) is 0 Å². The summed E-state index contributed by atoms with van der Waals surface area (Å²) in [6.45, 7) is 0. The summed E-state index contributed by atoms with van der Waals surface area (Å²) in [5.74, 6) is 0.0880.